The standard InChI is InChI=1S/C8H16O/c1-5-6-7(9)8(2,3)4/h6,9H,5H2,1-4H3/b7-6-. The first-order chi connectivity index (χ1) is 3.98. The summed E-state index contributed by atoms with van der Waals surface area (Å²) >= 11 is 0. The van der Waals surface area contributed by atoms with E-state index in [4.69, 9.17) is 0 Å². The lowest BCUT2D eigenvalue weighted by Gasteiger charge is -2.16. The van der Waals surface area contributed by atoms with Gasteiger partial charge in [0.15, 0.2) is 0 Å². The number of aliphatic hydroxyl groups is 1. The van der Waals surface area contributed by atoms with Crippen LogP contribution in [0.2, 0.25) is 0 Å². The number of rotatable bonds is 1. The Kier molecular flexibility index (Phi) is 2.75. The number of hydrogen-bond acceptors (Lipinski definition) is 1. The molecule has 0 saturated carbocycles. The normalized spacial score (nSPS) is 14.0. The predicted molar refractivity (Wildman–Crippen MR) is 40.5 cm³/mol. The average molecular weight is 128 g/mol. The summed E-state index contributed by atoms with van der Waals surface area (Å²) in [5.41, 5.74) is -0.0734. The van der Waals surface area contributed by atoms with E-state index < -0.39 is 0 Å². The maximum atomic E-state index is 9.25. The van der Waals surface area contributed by atoms with Crippen LogP contribution in [-0.4, -0.2) is 5.11 Å². The molecule has 0 radical (unpaired) electrons. The Bertz CT molecular complexity index is 106. The zero-order valence-electron chi connectivity index (χ0n) is 6.73. The Morgan fingerprint density at radius 3 is 2.00 bits per heavy atom. The Morgan fingerprint density at radius 1 is 1.44 bits per heavy atom. The smallest absolute Gasteiger partial charge is 0.0935 e. The molecule has 0 aliphatic carbocycles. The van der Waals surface area contributed by atoms with Gasteiger partial charge in [0.05, 0.1) is 5.76 Å². The minimum Gasteiger partial charge on any atom is -0.512 e. The fourth-order valence-corrected chi connectivity index (χ4v) is 0.500. The second-order valence-corrected chi connectivity index (χ2v) is 3.25. The summed E-state index contributed by atoms with van der Waals surface area (Å²) < 4.78 is 0. The van der Waals surface area contributed by atoms with Crippen molar-refractivity contribution in [1.82, 2.24) is 0 Å². The van der Waals surface area contributed by atoms with Crippen LogP contribution in [0.1, 0.15) is 34.1 Å². The highest BCUT2D eigenvalue weighted by Gasteiger charge is 2.14. The largest absolute Gasteiger partial charge is 0.512 e. The summed E-state index contributed by atoms with van der Waals surface area (Å²) in [6.45, 7) is 8.00. The summed E-state index contributed by atoms with van der Waals surface area (Å²) in [6, 6.07) is 0. The molecule has 0 rings (SSSR count). The molecule has 1 nitrogen and oxygen atoms in total. The van der Waals surface area contributed by atoms with E-state index in [1.54, 1.807) is 0 Å². The van der Waals surface area contributed by atoms with E-state index in [1.807, 2.05) is 33.8 Å². The van der Waals surface area contributed by atoms with Crippen molar-refractivity contribution in [2.24, 2.45) is 5.41 Å². The maximum absolute atomic E-state index is 9.25. The van der Waals surface area contributed by atoms with Gasteiger partial charge in [-0.25, -0.2) is 0 Å². The van der Waals surface area contributed by atoms with Crippen LogP contribution in [0.15, 0.2) is 11.8 Å². The highest BCUT2D eigenvalue weighted by molar-refractivity contribution is 5.00. The first kappa shape index (κ1) is 8.54. The summed E-state index contributed by atoms with van der Waals surface area (Å²) in [5, 5.41) is 9.25. The van der Waals surface area contributed by atoms with Gasteiger partial charge in [0.1, 0.15) is 0 Å². The van der Waals surface area contributed by atoms with Crippen molar-refractivity contribution in [2.45, 2.75) is 34.1 Å². The molecule has 0 bridgehead atoms. The molecular formula is C8H16O. The SMILES string of the molecule is CC/C=C(\O)C(C)(C)C. The van der Waals surface area contributed by atoms with Crippen molar-refractivity contribution in [3.8, 4) is 0 Å². The Hall–Kier alpha value is -0.460. The molecule has 1 heteroatoms. The van der Waals surface area contributed by atoms with Gasteiger partial charge < -0.3 is 5.11 Å². The van der Waals surface area contributed by atoms with Crippen molar-refractivity contribution in [1.29, 1.82) is 0 Å². The Labute approximate surface area is 57.4 Å². The fraction of sp³-hybridized carbons (Fsp3) is 0.750. The molecule has 0 unspecified atom stereocenters. The van der Waals surface area contributed by atoms with Crippen LogP contribution in [0.4, 0.5) is 0 Å². The minimum atomic E-state index is -0.0734. The molecule has 0 saturated heterocycles. The number of aliphatic hydroxyl groups excluding tert-OH is 1. The van der Waals surface area contributed by atoms with Gasteiger partial charge in [0.25, 0.3) is 0 Å². The molecule has 0 fully saturated rings. The van der Waals surface area contributed by atoms with Crippen molar-refractivity contribution < 1.29 is 5.11 Å². The molecule has 0 aliphatic heterocycles. The Balaban J connectivity index is 4.03. The number of hydrogen-bond donors (Lipinski definition) is 1. The zero-order valence-corrected chi connectivity index (χ0v) is 6.73. The third kappa shape index (κ3) is 3.17. The molecule has 54 valence electrons. The van der Waals surface area contributed by atoms with E-state index in [2.05, 4.69) is 0 Å². The van der Waals surface area contributed by atoms with Crippen LogP contribution in [0.3, 0.4) is 0 Å². The highest BCUT2D eigenvalue weighted by atomic mass is 16.3. The summed E-state index contributed by atoms with van der Waals surface area (Å²) in [6.07, 6.45) is 2.75. The first-order valence-electron chi connectivity index (χ1n) is 3.38. The molecule has 0 aromatic carbocycles. The lowest BCUT2D eigenvalue weighted by Crippen LogP contribution is -2.08. The minimum absolute atomic E-state index is 0.0734. The second-order valence-electron chi connectivity index (χ2n) is 3.25. The molecule has 9 heavy (non-hydrogen) atoms. The monoisotopic (exact) mass is 128 g/mol. The summed E-state index contributed by atoms with van der Waals surface area (Å²) in [5.74, 6) is 0.491. The van der Waals surface area contributed by atoms with Crippen LogP contribution >= 0.6 is 0 Å². The molecule has 0 aromatic heterocycles. The lowest BCUT2D eigenvalue weighted by atomic mass is 9.93. The molecule has 0 spiro atoms. The van der Waals surface area contributed by atoms with Gasteiger partial charge in [0.2, 0.25) is 0 Å². The van der Waals surface area contributed by atoms with Gasteiger partial charge in [0, 0.05) is 5.41 Å². The van der Waals surface area contributed by atoms with E-state index >= 15 is 0 Å². The van der Waals surface area contributed by atoms with Crippen molar-refractivity contribution in [2.75, 3.05) is 0 Å². The molecule has 0 amide bonds. The molecule has 1 N–H and O–H groups in total. The van der Waals surface area contributed by atoms with Gasteiger partial charge in [-0.05, 0) is 12.5 Å². The van der Waals surface area contributed by atoms with E-state index in [9.17, 15) is 5.11 Å². The first-order valence-corrected chi connectivity index (χ1v) is 3.38. The zero-order chi connectivity index (χ0) is 7.49. The molecular weight excluding hydrogens is 112 g/mol. The van der Waals surface area contributed by atoms with Crippen LogP contribution in [-0.2, 0) is 0 Å². The van der Waals surface area contributed by atoms with Crippen LogP contribution in [0.25, 0.3) is 0 Å². The van der Waals surface area contributed by atoms with Gasteiger partial charge >= 0.3 is 0 Å². The molecule has 0 aromatic rings. The predicted octanol–water partition coefficient (Wildman–Crippen LogP) is 2.88. The third-order valence-corrected chi connectivity index (χ3v) is 1.17. The molecule has 0 heterocycles. The quantitative estimate of drug-likeness (QED) is 0.538. The summed E-state index contributed by atoms with van der Waals surface area (Å²) in [7, 11) is 0. The topological polar surface area (TPSA) is 20.2 Å². The van der Waals surface area contributed by atoms with Crippen LogP contribution in [0, 0.1) is 5.41 Å². The lowest BCUT2D eigenvalue weighted by molar-refractivity contribution is 0.275. The van der Waals surface area contributed by atoms with Crippen molar-refractivity contribution in [3.63, 3.8) is 0 Å². The van der Waals surface area contributed by atoms with E-state index in [0.29, 0.717) is 5.76 Å². The second kappa shape index (κ2) is 2.90. The fourth-order valence-electron chi connectivity index (χ4n) is 0.500. The van der Waals surface area contributed by atoms with Crippen LogP contribution in [0.5, 0.6) is 0 Å². The van der Waals surface area contributed by atoms with E-state index in [1.165, 1.54) is 0 Å². The van der Waals surface area contributed by atoms with Gasteiger partial charge in [-0.3, -0.25) is 0 Å². The summed E-state index contributed by atoms with van der Waals surface area (Å²) in [4.78, 5) is 0. The Morgan fingerprint density at radius 2 is 1.89 bits per heavy atom. The maximum Gasteiger partial charge on any atom is 0.0935 e. The van der Waals surface area contributed by atoms with E-state index in [0.717, 1.165) is 6.42 Å². The highest BCUT2D eigenvalue weighted by Crippen LogP contribution is 2.22. The molecule has 0 atom stereocenters. The van der Waals surface area contributed by atoms with E-state index in [-0.39, 0.29) is 5.41 Å². The third-order valence-electron chi connectivity index (χ3n) is 1.17. The van der Waals surface area contributed by atoms with Crippen molar-refractivity contribution in [3.05, 3.63) is 11.8 Å². The van der Waals surface area contributed by atoms with Crippen molar-refractivity contribution >= 4 is 0 Å². The van der Waals surface area contributed by atoms with Gasteiger partial charge in [-0.1, -0.05) is 27.7 Å². The molecule has 0 aliphatic rings. The van der Waals surface area contributed by atoms with Crippen LogP contribution < -0.4 is 0 Å². The van der Waals surface area contributed by atoms with Gasteiger partial charge in [-0.2, -0.15) is 0 Å². The van der Waals surface area contributed by atoms with Gasteiger partial charge in [-0.15, -0.1) is 0 Å². The average Bonchev–Trinajstić information content (AvgIpc) is 1.64. The number of allylic oxidation sites excluding steroid dienone is 2.